The van der Waals surface area contributed by atoms with Crippen molar-refractivity contribution in [3.63, 3.8) is 0 Å². The van der Waals surface area contributed by atoms with Gasteiger partial charge in [0.15, 0.2) is 5.78 Å². The first-order valence-corrected chi connectivity index (χ1v) is 7.41. The van der Waals surface area contributed by atoms with Crippen LogP contribution in [0.3, 0.4) is 0 Å². The van der Waals surface area contributed by atoms with Crippen molar-refractivity contribution < 1.29 is 4.79 Å². The topological polar surface area (TPSA) is 33.2 Å². The second kappa shape index (κ2) is 5.10. The van der Waals surface area contributed by atoms with Gasteiger partial charge in [0.1, 0.15) is 5.01 Å². The number of aryl methyl sites for hydroxylation is 2. The normalized spacial score (nSPS) is 18.5. The quantitative estimate of drug-likeness (QED) is 0.840. The average Bonchev–Trinajstić information content (AvgIpc) is 2.87. The molecular weight excluding hydrogens is 244 g/mol. The molecule has 18 heavy (non-hydrogen) atoms. The van der Waals surface area contributed by atoms with Gasteiger partial charge in [-0.15, -0.1) is 11.3 Å². The van der Waals surface area contributed by atoms with Crippen molar-refractivity contribution in [2.45, 2.75) is 51.5 Å². The van der Waals surface area contributed by atoms with Crippen LogP contribution in [0.5, 0.6) is 0 Å². The Hall–Kier alpha value is -0.740. The Bertz CT molecular complexity index is 425. The zero-order valence-electron chi connectivity index (χ0n) is 11.7. The molecule has 0 bridgehead atoms. The van der Waals surface area contributed by atoms with Gasteiger partial charge in [0.05, 0.1) is 17.7 Å². The maximum absolute atomic E-state index is 12.6. The molecule has 4 heteroatoms. The first-order valence-electron chi connectivity index (χ1n) is 6.59. The summed E-state index contributed by atoms with van der Waals surface area (Å²) >= 11 is 1.66. The van der Waals surface area contributed by atoms with Crippen LogP contribution in [0.15, 0.2) is 0 Å². The summed E-state index contributed by atoms with van der Waals surface area (Å²) in [7, 11) is 4.06. The van der Waals surface area contributed by atoms with Gasteiger partial charge < -0.3 is 0 Å². The van der Waals surface area contributed by atoms with Gasteiger partial charge in [-0.1, -0.05) is 12.8 Å². The lowest BCUT2D eigenvalue weighted by molar-refractivity contribution is -0.128. The molecule has 0 amide bonds. The standard InChI is InChI=1S/C14H22N2OS/c1-10-11(2)18-13(15-10)9-12(17)14(16(3)4)7-5-6-8-14/h5-9H2,1-4H3. The van der Waals surface area contributed by atoms with E-state index in [1.165, 1.54) is 17.7 Å². The van der Waals surface area contributed by atoms with Crippen LogP contribution in [0.2, 0.25) is 0 Å². The number of Topliss-reactive ketones (excluding diaryl/α,β-unsaturated/α-hetero) is 1. The summed E-state index contributed by atoms with van der Waals surface area (Å²) in [6, 6.07) is 0. The number of hydrogen-bond donors (Lipinski definition) is 0. The van der Waals surface area contributed by atoms with E-state index in [0.717, 1.165) is 23.5 Å². The van der Waals surface area contributed by atoms with Gasteiger partial charge in [0.25, 0.3) is 0 Å². The first kappa shape index (κ1) is 13.7. The van der Waals surface area contributed by atoms with Crippen molar-refractivity contribution in [2.75, 3.05) is 14.1 Å². The Morgan fingerprint density at radius 3 is 2.39 bits per heavy atom. The summed E-state index contributed by atoms with van der Waals surface area (Å²) in [4.78, 5) is 20.5. The predicted octanol–water partition coefficient (Wildman–Crippen LogP) is 2.75. The summed E-state index contributed by atoms with van der Waals surface area (Å²) in [6.07, 6.45) is 4.83. The van der Waals surface area contributed by atoms with Crippen molar-refractivity contribution in [3.8, 4) is 0 Å². The van der Waals surface area contributed by atoms with Crippen LogP contribution in [0.4, 0.5) is 0 Å². The highest BCUT2D eigenvalue weighted by Crippen LogP contribution is 2.35. The third kappa shape index (κ3) is 2.36. The lowest BCUT2D eigenvalue weighted by Crippen LogP contribution is -2.49. The van der Waals surface area contributed by atoms with E-state index in [0.29, 0.717) is 12.2 Å². The van der Waals surface area contributed by atoms with E-state index in [1.54, 1.807) is 11.3 Å². The molecule has 2 rings (SSSR count). The average molecular weight is 266 g/mol. The molecule has 0 N–H and O–H groups in total. The minimum Gasteiger partial charge on any atom is -0.297 e. The number of likely N-dealkylation sites (N-methyl/N-ethyl adjacent to an activating group) is 1. The third-order valence-corrected chi connectivity index (χ3v) is 5.26. The van der Waals surface area contributed by atoms with E-state index in [-0.39, 0.29) is 5.54 Å². The molecule has 0 atom stereocenters. The van der Waals surface area contributed by atoms with Crippen molar-refractivity contribution in [3.05, 3.63) is 15.6 Å². The van der Waals surface area contributed by atoms with Crippen LogP contribution in [0, 0.1) is 13.8 Å². The molecule has 0 saturated heterocycles. The van der Waals surface area contributed by atoms with Gasteiger partial charge in [-0.2, -0.15) is 0 Å². The molecule has 0 unspecified atom stereocenters. The van der Waals surface area contributed by atoms with Crippen molar-refractivity contribution in [2.24, 2.45) is 0 Å². The largest absolute Gasteiger partial charge is 0.297 e. The third-order valence-electron chi connectivity index (χ3n) is 4.19. The van der Waals surface area contributed by atoms with E-state index in [2.05, 4.69) is 16.8 Å². The fourth-order valence-electron chi connectivity index (χ4n) is 2.85. The zero-order valence-corrected chi connectivity index (χ0v) is 12.6. The van der Waals surface area contributed by atoms with Crippen LogP contribution < -0.4 is 0 Å². The van der Waals surface area contributed by atoms with Gasteiger partial charge in [0, 0.05) is 4.88 Å². The molecule has 1 aliphatic rings. The second-order valence-corrected chi connectivity index (χ2v) is 6.77. The maximum Gasteiger partial charge on any atom is 0.159 e. The van der Waals surface area contributed by atoms with Crippen molar-refractivity contribution >= 4 is 17.1 Å². The fraction of sp³-hybridized carbons (Fsp3) is 0.714. The smallest absolute Gasteiger partial charge is 0.159 e. The summed E-state index contributed by atoms with van der Waals surface area (Å²) in [6.45, 7) is 4.08. The van der Waals surface area contributed by atoms with Gasteiger partial charge in [-0.25, -0.2) is 4.98 Å². The highest BCUT2D eigenvalue weighted by atomic mass is 32.1. The minimum absolute atomic E-state index is 0.229. The molecule has 3 nitrogen and oxygen atoms in total. The van der Waals surface area contributed by atoms with Crippen molar-refractivity contribution in [1.29, 1.82) is 0 Å². The molecule has 0 radical (unpaired) electrons. The highest BCUT2D eigenvalue weighted by molar-refractivity contribution is 7.11. The maximum atomic E-state index is 12.6. The zero-order chi connectivity index (χ0) is 13.3. The minimum atomic E-state index is -0.229. The van der Waals surface area contributed by atoms with Crippen LogP contribution in [0.25, 0.3) is 0 Å². The highest BCUT2D eigenvalue weighted by Gasteiger charge is 2.42. The predicted molar refractivity (Wildman–Crippen MR) is 75.2 cm³/mol. The number of hydrogen-bond acceptors (Lipinski definition) is 4. The molecule has 1 aliphatic carbocycles. The number of ketones is 1. The number of rotatable bonds is 4. The molecule has 100 valence electrons. The van der Waals surface area contributed by atoms with Crippen LogP contribution in [-0.2, 0) is 11.2 Å². The fourth-order valence-corrected chi connectivity index (χ4v) is 3.78. The number of thiazole rings is 1. The molecule has 1 aromatic heterocycles. The lowest BCUT2D eigenvalue weighted by atomic mass is 9.89. The number of aromatic nitrogens is 1. The second-order valence-electron chi connectivity index (χ2n) is 5.48. The SMILES string of the molecule is Cc1nc(CC(=O)C2(N(C)C)CCCC2)sc1C. The first-order chi connectivity index (χ1) is 8.45. The van der Waals surface area contributed by atoms with Crippen LogP contribution in [-0.4, -0.2) is 35.3 Å². The molecule has 1 fully saturated rings. The Morgan fingerprint density at radius 1 is 1.33 bits per heavy atom. The molecule has 1 saturated carbocycles. The van der Waals surface area contributed by atoms with E-state index in [9.17, 15) is 4.79 Å². The molecule has 0 aromatic carbocycles. The Morgan fingerprint density at radius 2 is 1.94 bits per heavy atom. The van der Waals surface area contributed by atoms with Crippen LogP contribution in [0.1, 0.15) is 41.3 Å². The van der Waals surface area contributed by atoms with Gasteiger partial charge in [-0.3, -0.25) is 9.69 Å². The van der Waals surface area contributed by atoms with Crippen molar-refractivity contribution in [1.82, 2.24) is 9.88 Å². The van der Waals surface area contributed by atoms with E-state index in [4.69, 9.17) is 0 Å². The monoisotopic (exact) mass is 266 g/mol. The van der Waals surface area contributed by atoms with Crippen LogP contribution >= 0.6 is 11.3 Å². The molecular formula is C14H22N2OS. The lowest BCUT2D eigenvalue weighted by Gasteiger charge is -2.34. The number of nitrogens with zero attached hydrogens (tertiary/aromatic N) is 2. The number of carbonyl (C=O) groups is 1. The van der Waals surface area contributed by atoms with Gasteiger partial charge >= 0.3 is 0 Å². The summed E-state index contributed by atoms with van der Waals surface area (Å²) in [5, 5.41) is 0.975. The number of carbonyl (C=O) groups excluding carboxylic acids is 1. The Labute approximate surface area is 113 Å². The van der Waals surface area contributed by atoms with Gasteiger partial charge in [0.2, 0.25) is 0 Å². The van der Waals surface area contributed by atoms with E-state index >= 15 is 0 Å². The van der Waals surface area contributed by atoms with Gasteiger partial charge in [-0.05, 0) is 40.8 Å². The molecule has 1 aromatic rings. The summed E-state index contributed by atoms with van der Waals surface area (Å²) in [5.74, 6) is 0.346. The van der Waals surface area contributed by atoms with E-state index < -0.39 is 0 Å². The molecule has 0 aliphatic heterocycles. The molecule has 0 spiro atoms. The summed E-state index contributed by atoms with van der Waals surface area (Å²) in [5.41, 5.74) is 0.834. The Kier molecular flexibility index (Phi) is 3.87. The van der Waals surface area contributed by atoms with E-state index in [1.807, 2.05) is 21.0 Å². The molecule has 1 heterocycles. The Balaban J connectivity index is 2.15. The summed E-state index contributed by atoms with van der Waals surface area (Å²) < 4.78 is 0.